The Balaban J connectivity index is 1.97. The first-order valence-electron chi connectivity index (χ1n) is 4.83. The summed E-state index contributed by atoms with van der Waals surface area (Å²) in [6.45, 7) is 0. The zero-order valence-corrected chi connectivity index (χ0v) is 9.28. The topological polar surface area (TPSA) is 63.1 Å². The van der Waals surface area contributed by atoms with Crippen molar-refractivity contribution in [3.8, 4) is 0 Å². The first-order valence-corrected chi connectivity index (χ1v) is 5.71. The van der Waals surface area contributed by atoms with Crippen LogP contribution in [0.5, 0.6) is 0 Å². The van der Waals surface area contributed by atoms with Gasteiger partial charge in [-0.15, -0.1) is 11.3 Å². The Labute approximate surface area is 96.6 Å². The molecular formula is C11H10N2O2S. The van der Waals surface area contributed by atoms with E-state index >= 15 is 0 Å². The van der Waals surface area contributed by atoms with Crippen molar-refractivity contribution in [2.45, 2.75) is 12.8 Å². The Kier molecular flexibility index (Phi) is 3.26. The fourth-order valence-electron chi connectivity index (χ4n) is 1.30. The van der Waals surface area contributed by atoms with E-state index in [1.807, 2.05) is 18.2 Å². The number of carbonyl (C=O) groups is 1. The lowest BCUT2D eigenvalue weighted by Crippen LogP contribution is -1.98. The molecule has 2 heterocycles. The van der Waals surface area contributed by atoms with Gasteiger partial charge in [-0.25, -0.2) is 9.78 Å². The van der Waals surface area contributed by atoms with Gasteiger partial charge >= 0.3 is 5.97 Å². The van der Waals surface area contributed by atoms with E-state index in [4.69, 9.17) is 5.11 Å². The molecule has 0 saturated carbocycles. The second-order valence-corrected chi connectivity index (χ2v) is 4.20. The Morgan fingerprint density at radius 2 is 2.25 bits per heavy atom. The molecule has 5 heteroatoms. The van der Waals surface area contributed by atoms with Gasteiger partial charge in [-0.3, -0.25) is 4.98 Å². The molecule has 0 aromatic carbocycles. The molecule has 0 aliphatic rings. The van der Waals surface area contributed by atoms with E-state index in [1.165, 1.54) is 11.3 Å². The van der Waals surface area contributed by atoms with Crippen molar-refractivity contribution in [2.75, 3.05) is 0 Å². The molecule has 0 saturated heterocycles. The number of aromatic carboxylic acids is 1. The minimum Gasteiger partial charge on any atom is -0.476 e. The molecule has 1 N–H and O–H groups in total. The van der Waals surface area contributed by atoms with Gasteiger partial charge in [0.15, 0.2) is 5.69 Å². The van der Waals surface area contributed by atoms with Gasteiger partial charge < -0.3 is 5.11 Å². The number of aryl methyl sites for hydroxylation is 2. The minimum absolute atomic E-state index is 0.126. The van der Waals surface area contributed by atoms with Gasteiger partial charge in [0.2, 0.25) is 0 Å². The van der Waals surface area contributed by atoms with Crippen LogP contribution in [-0.4, -0.2) is 21.0 Å². The SMILES string of the molecule is O=C(O)c1csc(CCc2ccccn2)n1. The lowest BCUT2D eigenvalue weighted by atomic mass is 10.2. The summed E-state index contributed by atoms with van der Waals surface area (Å²) in [5.41, 5.74) is 1.12. The van der Waals surface area contributed by atoms with Crippen molar-refractivity contribution in [1.82, 2.24) is 9.97 Å². The standard InChI is InChI=1S/C11H10N2O2S/c14-11(15)9-7-16-10(13-9)5-4-8-3-1-2-6-12-8/h1-3,6-7H,4-5H2,(H,14,15). The monoisotopic (exact) mass is 234 g/mol. The maximum Gasteiger partial charge on any atom is 0.355 e. The number of hydrogen-bond acceptors (Lipinski definition) is 4. The smallest absolute Gasteiger partial charge is 0.355 e. The van der Waals surface area contributed by atoms with Gasteiger partial charge in [0.05, 0.1) is 5.01 Å². The number of hydrogen-bond donors (Lipinski definition) is 1. The van der Waals surface area contributed by atoms with Crippen LogP contribution in [0.4, 0.5) is 0 Å². The number of aromatic nitrogens is 2. The molecule has 0 bridgehead atoms. The van der Waals surface area contributed by atoms with Crippen molar-refractivity contribution >= 4 is 17.3 Å². The van der Waals surface area contributed by atoms with Gasteiger partial charge in [0.1, 0.15) is 0 Å². The summed E-state index contributed by atoms with van der Waals surface area (Å²) in [4.78, 5) is 18.8. The molecular weight excluding hydrogens is 224 g/mol. The molecule has 82 valence electrons. The fraction of sp³-hybridized carbons (Fsp3) is 0.182. The maximum absolute atomic E-state index is 10.6. The van der Waals surface area contributed by atoms with E-state index in [0.29, 0.717) is 0 Å². The molecule has 0 aliphatic heterocycles. The van der Waals surface area contributed by atoms with Gasteiger partial charge in [-0.05, 0) is 18.6 Å². The predicted molar refractivity (Wildman–Crippen MR) is 60.7 cm³/mol. The molecule has 0 unspecified atom stereocenters. The first kappa shape index (κ1) is 10.8. The summed E-state index contributed by atoms with van der Waals surface area (Å²) in [5, 5.41) is 11.1. The summed E-state index contributed by atoms with van der Waals surface area (Å²) in [6, 6.07) is 5.76. The van der Waals surface area contributed by atoms with Crippen LogP contribution in [0, 0.1) is 0 Å². The Morgan fingerprint density at radius 1 is 1.38 bits per heavy atom. The van der Waals surface area contributed by atoms with Crippen LogP contribution in [-0.2, 0) is 12.8 Å². The summed E-state index contributed by atoms with van der Waals surface area (Å²) in [6.07, 6.45) is 3.27. The fourth-order valence-corrected chi connectivity index (χ4v) is 2.08. The van der Waals surface area contributed by atoms with Gasteiger partial charge in [0.25, 0.3) is 0 Å². The third-order valence-electron chi connectivity index (χ3n) is 2.09. The van der Waals surface area contributed by atoms with E-state index in [9.17, 15) is 4.79 Å². The maximum atomic E-state index is 10.6. The highest BCUT2D eigenvalue weighted by Gasteiger charge is 2.08. The quantitative estimate of drug-likeness (QED) is 0.879. The van der Waals surface area contributed by atoms with Gasteiger partial charge in [-0.1, -0.05) is 6.07 Å². The largest absolute Gasteiger partial charge is 0.476 e. The summed E-state index contributed by atoms with van der Waals surface area (Å²) >= 11 is 1.38. The van der Waals surface area contributed by atoms with Crippen LogP contribution < -0.4 is 0 Å². The Morgan fingerprint density at radius 3 is 2.88 bits per heavy atom. The average Bonchev–Trinajstić information content (AvgIpc) is 2.76. The molecule has 2 rings (SSSR count). The van der Waals surface area contributed by atoms with Gasteiger partial charge in [-0.2, -0.15) is 0 Å². The molecule has 0 spiro atoms. The number of pyridine rings is 1. The molecule has 0 amide bonds. The second-order valence-electron chi connectivity index (χ2n) is 3.25. The first-order chi connectivity index (χ1) is 7.75. The molecule has 2 aromatic heterocycles. The second kappa shape index (κ2) is 4.85. The van der Waals surface area contributed by atoms with Crippen LogP contribution >= 0.6 is 11.3 Å². The highest BCUT2D eigenvalue weighted by molar-refractivity contribution is 7.09. The van der Waals surface area contributed by atoms with Crippen molar-refractivity contribution in [3.05, 3.63) is 46.2 Å². The van der Waals surface area contributed by atoms with Crippen molar-refractivity contribution in [2.24, 2.45) is 0 Å². The molecule has 4 nitrogen and oxygen atoms in total. The molecule has 16 heavy (non-hydrogen) atoms. The van der Waals surface area contributed by atoms with Crippen LogP contribution in [0.3, 0.4) is 0 Å². The number of carboxylic acid groups (broad SMARTS) is 1. The van der Waals surface area contributed by atoms with Crippen LogP contribution in [0.2, 0.25) is 0 Å². The van der Waals surface area contributed by atoms with E-state index in [2.05, 4.69) is 9.97 Å². The highest BCUT2D eigenvalue weighted by atomic mass is 32.1. The molecule has 0 fully saturated rings. The summed E-state index contributed by atoms with van der Waals surface area (Å²) in [7, 11) is 0. The predicted octanol–water partition coefficient (Wildman–Crippen LogP) is 2.02. The summed E-state index contributed by atoms with van der Waals surface area (Å²) < 4.78 is 0. The lowest BCUT2D eigenvalue weighted by Gasteiger charge is -1.96. The third-order valence-corrected chi connectivity index (χ3v) is 3.00. The van der Waals surface area contributed by atoms with Crippen LogP contribution in [0.1, 0.15) is 21.2 Å². The van der Waals surface area contributed by atoms with E-state index in [0.717, 1.165) is 23.5 Å². The molecule has 0 aliphatic carbocycles. The normalized spacial score (nSPS) is 10.2. The summed E-state index contributed by atoms with van der Waals surface area (Å²) in [5.74, 6) is -0.972. The number of thiazole rings is 1. The van der Waals surface area contributed by atoms with E-state index < -0.39 is 5.97 Å². The zero-order chi connectivity index (χ0) is 11.4. The average molecular weight is 234 g/mol. The molecule has 0 atom stereocenters. The highest BCUT2D eigenvalue weighted by Crippen LogP contribution is 2.12. The lowest BCUT2D eigenvalue weighted by molar-refractivity contribution is 0.0691. The van der Waals surface area contributed by atoms with Crippen molar-refractivity contribution < 1.29 is 9.90 Å². The van der Waals surface area contributed by atoms with Crippen molar-refractivity contribution in [3.63, 3.8) is 0 Å². The minimum atomic E-state index is -0.972. The Hall–Kier alpha value is -1.75. The van der Waals surface area contributed by atoms with Crippen LogP contribution in [0.15, 0.2) is 29.8 Å². The molecule has 2 aromatic rings. The van der Waals surface area contributed by atoms with E-state index in [-0.39, 0.29) is 5.69 Å². The number of nitrogens with zero attached hydrogens (tertiary/aromatic N) is 2. The molecule has 0 radical (unpaired) electrons. The number of rotatable bonds is 4. The van der Waals surface area contributed by atoms with Gasteiger partial charge in [0, 0.05) is 23.7 Å². The van der Waals surface area contributed by atoms with Crippen LogP contribution in [0.25, 0.3) is 0 Å². The zero-order valence-electron chi connectivity index (χ0n) is 8.46. The van der Waals surface area contributed by atoms with Crippen molar-refractivity contribution in [1.29, 1.82) is 0 Å². The number of carboxylic acids is 1. The van der Waals surface area contributed by atoms with E-state index in [1.54, 1.807) is 11.6 Å². The third kappa shape index (κ3) is 2.64. The Bertz CT molecular complexity index is 482.